The predicted molar refractivity (Wildman–Crippen MR) is 107 cm³/mol. The molecule has 0 saturated carbocycles. The van der Waals surface area contributed by atoms with Gasteiger partial charge >= 0.3 is 11.8 Å². The van der Waals surface area contributed by atoms with Gasteiger partial charge in [0.2, 0.25) is 5.91 Å². The fraction of sp³-hybridized carbons (Fsp3) is 0.150. The van der Waals surface area contributed by atoms with Crippen LogP contribution in [0.1, 0.15) is 6.92 Å². The van der Waals surface area contributed by atoms with E-state index in [1.807, 2.05) is 36.0 Å². The molecule has 8 nitrogen and oxygen atoms in total. The van der Waals surface area contributed by atoms with Crippen molar-refractivity contribution in [2.75, 3.05) is 23.1 Å². The largest absolute Gasteiger partial charge is 0.494 e. The van der Waals surface area contributed by atoms with Crippen LogP contribution < -0.4 is 20.7 Å². The van der Waals surface area contributed by atoms with Crippen molar-refractivity contribution >= 4 is 45.7 Å². The molecule has 1 aromatic heterocycles. The van der Waals surface area contributed by atoms with Gasteiger partial charge in [-0.1, -0.05) is 6.07 Å². The minimum Gasteiger partial charge on any atom is -0.494 e. The molecule has 8 heteroatoms. The van der Waals surface area contributed by atoms with Gasteiger partial charge in [-0.25, -0.2) is 0 Å². The number of aromatic nitrogens is 1. The topological polar surface area (TPSA) is 101 Å². The van der Waals surface area contributed by atoms with Crippen molar-refractivity contribution in [2.24, 2.45) is 7.05 Å². The molecule has 0 aliphatic heterocycles. The van der Waals surface area contributed by atoms with E-state index in [-0.39, 0.29) is 5.91 Å². The standard InChI is InChI=1S/C20H20N4O4/c1-12(25)21-16-8-7-13(11-18(16)28-3)22-19(26)20(27)23-15-5-4-6-17-14(15)9-10-24(17)2/h4-11H,1-3H3,(H,21,25)(H,22,26)(H,23,27). The van der Waals surface area contributed by atoms with Crippen LogP contribution in [0.4, 0.5) is 17.1 Å². The van der Waals surface area contributed by atoms with Crippen molar-refractivity contribution in [3.63, 3.8) is 0 Å². The Balaban J connectivity index is 1.73. The SMILES string of the molecule is COc1cc(NC(=O)C(=O)Nc2cccc3c2ccn3C)ccc1NC(C)=O. The maximum Gasteiger partial charge on any atom is 0.314 e. The third-order valence-electron chi connectivity index (χ3n) is 4.15. The first-order valence-electron chi connectivity index (χ1n) is 8.51. The summed E-state index contributed by atoms with van der Waals surface area (Å²) in [4.78, 5) is 35.8. The number of aryl methyl sites for hydroxylation is 1. The van der Waals surface area contributed by atoms with Crippen LogP contribution in [0.2, 0.25) is 0 Å². The first kappa shape index (κ1) is 19.0. The van der Waals surface area contributed by atoms with E-state index in [0.29, 0.717) is 22.8 Å². The van der Waals surface area contributed by atoms with E-state index in [1.165, 1.54) is 20.1 Å². The van der Waals surface area contributed by atoms with E-state index in [4.69, 9.17) is 4.74 Å². The average molecular weight is 380 g/mol. The van der Waals surface area contributed by atoms with Gasteiger partial charge in [-0.15, -0.1) is 0 Å². The summed E-state index contributed by atoms with van der Waals surface area (Å²) in [5, 5.41) is 8.62. The van der Waals surface area contributed by atoms with E-state index in [0.717, 1.165) is 10.9 Å². The third kappa shape index (κ3) is 3.96. The van der Waals surface area contributed by atoms with Crippen LogP contribution in [0.5, 0.6) is 5.75 Å². The maximum atomic E-state index is 12.3. The van der Waals surface area contributed by atoms with Gasteiger partial charge in [0.25, 0.3) is 0 Å². The minimum absolute atomic E-state index is 0.246. The molecule has 0 radical (unpaired) electrons. The van der Waals surface area contributed by atoms with Crippen LogP contribution in [0.3, 0.4) is 0 Å². The average Bonchev–Trinajstić information content (AvgIpc) is 3.04. The van der Waals surface area contributed by atoms with E-state index in [1.54, 1.807) is 18.2 Å². The molecular formula is C20H20N4O4. The van der Waals surface area contributed by atoms with Crippen LogP contribution in [-0.4, -0.2) is 29.4 Å². The highest BCUT2D eigenvalue weighted by atomic mass is 16.5. The summed E-state index contributed by atoms with van der Waals surface area (Å²) < 4.78 is 7.13. The van der Waals surface area contributed by atoms with E-state index >= 15 is 0 Å². The number of ether oxygens (including phenoxy) is 1. The highest BCUT2D eigenvalue weighted by molar-refractivity contribution is 6.44. The lowest BCUT2D eigenvalue weighted by atomic mass is 10.2. The van der Waals surface area contributed by atoms with Gasteiger partial charge in [-0.3, -0.25) is 14.4 Å². The molecule has 0 aliphatic rings. The third-order valence-corrected chi connectivity index (χ3v) is 4.15. The number of hydrogen-bond acceptors (Lipinski definition) is 4. The Morgan fingerprint density at radius 2 is 1.68 bits per heavy atom. The van der Waals surface area contributed by atoms with Crippen molar-refractivity contribution in [1.29, 1.82) is 0 Å². The Morgan fingerprint density at radius 1 is 0.929 bits per heavy atom. The molecule has 0 spiro atoms. The van der Waals surface area contributed by atoms with Crippen molar-refractivity contribution in [3.8, 4) is 5.75 Å². The van der Waals surface area contributed by atoms with Crippen molar-refractivity contribution < 1.29 is 19.1 Å². The number of nitrogens with one attached hydrogen (secondary N) is 3. The Labute approximate surface area is 161 Å². The van der Waals surface area contributed by atoms with Gasteiger partial charge in [-0.05, 0) is 30.3 Å². The molecule has 0 fully saturated rings. The van der Waals surface area contributed by atoms with Gasteiger partial charge in [0.15, 0.2) is 0 Å². The number of amides is 3. The first-order valence-corrected chi connectivity index (χ1v) is 8.51. The number of methoxy groups -OCH3 is 1. The van der Waals surface area contributed by atoms with Gasteiger partial charge in [0.05, 0.1) is 18.5 Å². The smallest absolute Gasteiger partial charge is 0.314 e. The highest BCUT2D eigenvalue weighted by Gasteiger charge is 2.17. The lowest BCUT2D eigenvalue weighted by Crippen LogP contribution is -2.29. The number of rotatable bonds is 4. The number of benzene rings is 2. The Kier molecular flexibility index (Phi) is 5.30. The van der Waals surface area contributed by atoms with Crippen molar-refractivity contribution in [1.82, 2.24) is 4.57 Å². The van der Waals surface area contributed by atoms with Crippen LogP contribution in [0.25, 0.3) is 10.9 Å². The van der Waals surface area contributed by atoms with Crippen LogP contribution in [0.15, 0.2) is 48.7 Å². The summed E-state index contributed by atoms with van der Waals surface area (Å²) in [5.74, 6) is -1.49. The second-order valence-corrected chi connectivity index (χ2v) is 6.17. The summed E-state index contributed by atoms with van der Waals surface area (Å²) in [6.45, 7) is 1.38. The molecule has 2 aromatic carbocycles. The summed E-state index contributed by atoms with van der Waals surface area (Å²) in [6, 6.07) is 12.0. The summed E-state index contributed by atoms with van der Waals surface area (Å²) in [5.41, 5.74) is 2.32. The Hall–Kier alpha value is -3.81. The second-order valence-electron chi connectivity index (χ2n) is 6.17. The minimum atomic E-state index is -0.817. The van der Waals surface area contributed by atoms with Crippen molar-refractivity contribution in [3.05, 3.63) is 48.7 Å². The van der Waals surface area contributed by atoms with Gasteiger partial charge < -0.3 is 25.3 Å². The Bertz CT molecular complexity index is 1070. The monoisotopic (exact) mass is 380 g/mol. The molecule has 144 valence electrons. The molecule has 3 aromatic rings. The Morgan fingerprint density at radius 3 is 2.39 bits per heavy atom. The molecule has 3 N–H and O–H groups in total. The highest BCUT2D eigenvalue weighted by Crippen LogP contribution is 2.28. The van der Waals surface area contributed by atoms with Crippen molar-refractivity contribution in [2.45, 2.75) is 6.92 Å². The van der Waals surface area contributed by atoms with Crippen LogP contribution in [0, 0.1) is 0 Å². The summed E-state index contributed by atoms with van der Waals surface area (Å²) in [7, 11) is 3.35. The van der Waals surface area contributed by atoms with Gasteiger partial charge in [-0.2, -0.15) is 0 Å². The number of hydrogen-bond donors (Lipinski definition) is 3. The van der Waals surface area contributed by atoms with E-state index in [2.05, 4.69) is 16.0 Å². The maximum absolute atomic E-state index is 12.3. The number of fused-ring (bicyclic) bond motifs is 1. The molecule has 0 saturated heterocycles. The van der Waals surface area contributed by atoms with Gasteiger partial charge in [0, 0.05) is 42.8 Å². The fourth-order valence-electron chi connectivity index (χ4n) is 2.84. The molecule has 1 heterocycles. The number of carbonyl (C=O) groups is 3. The molecule has 0 unspecified atom stereocenters. The normalized spacial score (nSPS) is 10.4. The quantitative estimate of drug-likeness (QED) is 0.606. The van der Waals surface area contributed by atoms with Gasteiger partial charge in [0.1, 0.15) is 5.75 Å². The zero-order valence-electron chi connectivity index (χ0n) is 15.7. The van der Waals surface area contributed by atoms with Crippen LogP contribution >= 0.6 is 0 Å². The molecule has 0 aliphatic carbocycles. The molecule has 0 bridgehead atoms. The predicted octanol–water partition coefficient (Wildman–Crippen LogP) is 2.72. The fourth-order valence-corrected chi connectivity index (χ4v) is 2.84. The molecular weight excluding hydrogens is 360 g/mol. The lowest BCUT2D eigenvalue weighted by Gasteiger charge is -2.12. The zero-order valence-corrected chi connectivity index (χ0v) is 15.7. The zero-order chi connectivity index (χ0) is 20.3. The number of carbonyl (C=O) groups excluding carboxylic acids is 3. The molecule has 3 amide bonds. The van der Waals surface area contributed by atoms with E-state index < -0.39 is 11.8 Å². The summed E-state index contributed by atoms with van der Waals surface area (Å²) in [6.07, 6.45) is 1.88. The number of nitrogens with zero attached hydrogens (tertiary/aromatic N) is 1. The number of anilines is 3. The molecule has 28 heavy (non-hydrogen) atoms. The lowest BCUT2D eigenvalue weighted by molar-refractivity contribution is -0.132. The summed E-state index contributed by atoms with van der Waals surface area (Å²) >= 11 is 0. The molecule has 0 atom stereocenters. The first-order chi connectivity index (χ1) is 13.4. The van der Waals surface area contributed by atoms with E-state index in [9.17, 15) is 14.4 Å². The molecule has 3 rings (SSSR count). The van der Waals surface area contributed by atoms with Crippen LogP contribution in [-0.2, 0) is 21.4 Å². The second kappa shape index (κ2) is 7.83.